The minimum absolute atomic E-state index is 0.0939. The molecular formula is C61H99N5O25. The van der Waals surface area contributed by atoms with Gasteiger partial charge in [-0.15, -0.1) is 0 Å². The van der Waals surface area contributed by atoms with Gasteiger partial charge in [-0.1, -0.05) is 98.9 Å². The maximum absolute atomic E-state index is 14.0. The van der Waals surface area contributed by atoms with E-state index in [1.165, 1.54) is 0 Å². The van der Waals surface area contributed by atoms with E-state index in [1.807, 2.05) is 49.5 Å². The monoisotopic (exact) mass is 1300 g/mol. The number of carboxylic acids is 4. The summed E-state index contributed by atoms with van der Waals surface area (Å²) in [7, 11) is 0. The lowest BCUT2D eigenvalue weighted by atomic mass is 9.82. The second-order valence-corrected chi connectivity index (χ2v) is 23.1. The lowest BCUT2D eigenvalue weighted by molar-refractivity contribution is -0.307. The number of nitrogens with zero attached hydrogens (tertiary/aromatic N) is 1. The molecule has 0 radical (unpaired) electrons. The Kier molecular flexibility index (Phi) is 38.0. The number of carbonyl (C=O) groups is 6. The van der Waals surface area contributed by atoms with E-state index in [4.69, 9.17) is 61.3 Å². The highest BCUT2D eigenvalue weighted by atomic mass is 16.7. The molecule has 30 heteroatoms. The van der Waals surface area contributed by atoms with Gasteiger partial charge in [-0.3, -0.25) is 33.7 Å². The molecule has 518 valence electrons. The van der Waals surface area contributed by atoms with Crippen molar-refractivity contribution in [2.24, 2.45) is 35.0 Å². The number of nitrogens with one attached hydrogen (secondary N) is 1. The van der Waals surface area contributed by atoms with E-state index in [1.54, 1.807) is 63.3 Å². The number of carbonyl (C=O) groups excluding carboxylic acids is 2. The third-order valence-electron chi connectivity index (χ3n) is 15.3. The van der Waals surface area contributed by atoms with Crippen molar-refractivity contribution >= 4 is 35.8 Å². The van der Waals surface area contributed by atoms with Crippen LogP contribution in [0.5, 0.6) is 0 Å². The van der Waals surface area contributed by atoms with Crippen molar-refractivity contribution in [2.45, 2.75) is 201 Å². The molecule has 0 spiro atoms. The van der Waals surface area contributed by atoms with Crippen molar-refractivity contribution < 1.29 is 124 Å². The number of ether oxygens (including phenoxy) is 5. The van der Waals surface area contributed by atoms with Crippen molar-refractivity contribution in [1.29, 1.82) is 0 Å². The standard InChI is InChI=1S/C53H85N3O17.2C4H7NO4/c1-33-17-15-13-11-9-7-5-6-8-10-12-14-16-18-40(72-52-50(66)47(54)49(65)36(4)71-52)30-44-46(51(67)55-21-22-56-23-25-69-26-24-56)43(62)32-53(68,73-44)31-39(59)28-42(61)41(60)20-19-37(57)27-38(58)29-45(63)70-35(3)34(2)48(33)64;2*5-2(4(8)9)1-3(6)7/h5-18,33-44,46-50,52,57-62,64-66,68H,19-32,54H2,1-4H3,(H,55,67);2*2H,1,5H2,(H,6,7)(H,8,9)/b6-5+,9-7+,10-8+,13-11+,14-12+,17-15-,18-16+;;/t;2*2-/m.00/s1. The highest BCUT2D eigenvalue weighted by Crippen LogP contribution is 2.38. The molecule has 91 heavy (non-hydrogen) atoms. The molecule has 3 saturated heterocycles. The molecule has 1 amide bonds. The van der Waals surface area contributed by atoms with E-state index in [2.05, 4.69) is 10.2 Å². The third kappa shape index (κ3) is 32.1. The molecule has 0 aromatic carbocycles. The lowest BCUT2D eigenvalue weighted by Gasteiger charge is -2.46. The van der Waals surface area contributed by atoms with Gasteiger partial charge in [0.05, 0.1) is 112 Å². The number of hydrogen-bond donors (Lipinski definition) is 18. The molecular weight excluding hydrogens is 1200 g/mol. The number of cyclic esters (lactones) is 1. The molecule has 21 atom stereocenters. The Morgan fingerprint density at radius 3 is 1.69 bits per heavy atom. The van der Waals surface area contributed by atoms with Crippen molar-refractivity contribution in [2.75, 3.05) is 39.4 Å². The summed E-state index contributed by atoms with van der Waals surface area (Å²) in [5.41, 5.74) is 15.8. The molecule has 0 aromatic rings. The highest BCUT2D eigenvalue weighted by molar-refractivity contribution is 5.81. The zero-order valence-electron chi connectivity index (χ0n) is 51.9. The Labute approximate surface area is 529 Å². The summed E-state index contributed by atoms with van der Waals surface area (Å²) >= 11 is 0. The summed E-state index contributed by atoms with van der Waals surface area (Å²) in [4.78, 5) is 68.1. The summed E-state index contributed by atoms with van der Waals surface area (Å²) in [6.45, 7) is 10.0. The summed E-state index contributed by atoms with van der Waals surface area (Å²) in [6.07, 6.45) is 3.79. The maximum atomic E-state index is 14.0. The van der Waals surface area contributed by atoms with Crippen LogP contribution in [-0.2, 0) is 52.5 Å². The van der Waals surface area contributed by atoms with Gasteiger partial charge < -0.3 is 118 Å². The topological polar surface area (TPSA) is 525 Å². The van der Waals surface area contributed by atoms with Crippen LogP contribution in [0.3, 0.4) is 0 Å². The molecule has 3 fully saturated rings. The first kappa shape index (κ1) is 81.4. The predicted octanol–water partition coefficient (Wildman–Crippen LogP) is -2.18. The van der Waals surface area contributed by atoms with E-state index in [0.717, 1.165) is 0 Å². The summed E-state index contributed by atoms with van der Waals surface area (Å²) in [5.74, 6) is -10.6. The van der Waals surface area contributed by atoms with Gasteiger partial charge in [0.2, 0.25) is 5.91 Å². The van der Waals surface area contributed by atoms with E-state index in [0.29, 0.717) is 32.8 Å². The second-order valence-electron chi connectivity index (χ2n) is 23.1. The smallest absolute Gasteiger partial charge is 0.321 e. The van der Waals surface area contributed by atoms with Gasteiger partial charge in [0.1, 0.15) is 24.3 Å². The zero-order valence-corrected chi connectivity index (χ0v) is 51.9. The number of rotatable bonds is 12. The molecule has 2 bridgehead atoms. The van der Waals surface area contributed by atoms with Crippen molar-refractivity contribution in [3.05, 3.63) is 85.1 Å². The first-order chi connectivity index (χ1) is 42.7. The number of allylic oxidation sites excluding steroid dienone is 12. The van der Waals surface area contributed by atoms with Crippen molar-refractivity contribution in [1.82, 2.24) is 10.2 Å². The normalized spacial score (nSPS) is 37.2. The molecule has 0 aromatic heterocycles. The number of esters is 1. The molecule has 21 N–H and O–H groups in total. The van der Waals surface area contributed by atoms with Crippen LogP contribution in [0.4, 0.5) is 0 Å². The second kappa shape index (κ2) is 42.5. The molecule has 0 aliphatic carbocycles. The third-order valence-corrected chi connectivity index (χ3v) is 15.3. The molecule has 19 unspecified atom stereocenters. The number of aliphatic carboxylic acids is 4. The number of hydrogen-bond acceptors (Lipinski definition) is 25. The zero-order chi connectivity index (χ0) is 68.5. The van der Waals surface area contributed by atoms with Crippen LogP contribution in [0.15, 0.2) is 85.1 Å². The van der Waals surface area contributed by atoms with Crippen molar-refractivity contribution in [3.63, 3.8) is 0 Å². The van der Waals surface area contributed by atoms with Gasteiger partial charge in [-0.05, 0) is 33.1 Å². The lowest BCUT2D eigenvalue weighted by Crippen LogP contribution is -2.62. The largest absolute Gasteiger partial charge is 0.481 e. The van der Waals surface area contributed by atoms with Crippen LogP contribution >= 0.6 is 0 Å². The number of aliphatic hydroxyl groups excluding tert-OH is 9. The quantitative estimate of drug-likeness (QED) is 0.0924. The highest BCUT2D eigenvalue weighted by Gasteiger charge is 2.51. The average Bonchev–Trinajstić information content (AvgIpc) is 0.928. The van der Waals surface area contributed by atoms with Gasteiger partial charge >= 0.3 is 29.8 Å². The summed E-state index contributed by atoms with van der Waals surface area (Å²) in [6, 6.07) is -3.71. The first-order valence-corrected chi connectivity index (χ1v) is 30.2. The number of morpholine rings is 1. The van der Waals surface area contributed by atoms with Crippen LogP contribution in [0, 0.1) is 17.8 Å². The fourth-order valence-electron chi connectivity index (χ4n) is 9.82. The van der Waals surface area contributed by atoms with Crippen molar-refractivity contribution in [3.8, 4) is 0 Å². The Morgan fingerprint density at radius 1 is 0.648 bits per heavy atom. The molecule has 4 aliphatic rings. The predicted molar refractivity (Wildman–Crippen MR) is 325 cm³/mol. The average molecular weight is 1300 g/mol. The minimum Gasteiger partial charge on any atom is -0.481 e. The molecule has 4 rings (SSSR count). The molecule has 0 saturated carbocycles. The fourth-order valence-corrected chi connectivity index (χ4v) is 9.82. The van der Waals surface area contributed by atoms with Gasteiger partial charge in [0.25, 0.3) is 0 Å². The number of amides is 1. The summed E-state index contributed by atoms with van der Waals surface area (Å²) in [5, 5.41) is 145. The van der Waals surface area contributed by atoms with Gasteiger partial charge in [-0.25, -0.2) is 0 Å². The minimum atomic E-state index is -2.27. The number of aliphatic hydroxyl groups is 10. The Balaban J connectivity index is 0.00000135. The van der Waals surface area contributed by atoms with Crippen LogP contribution < -0.4 is 22.5 Å². The van der Waals surface area contributed by atoms with E-state index < -0.39 is 196 Å². The summed E-state index contributed by atoms with van der Waals surface area (Å²) < 4.78 is 29.3. The Hall–Kier alpha value is -5.72. The van der Waals surface area contributed by atoms with Gasteiger partial charge in [0.15, 0.2) is 12.1 Å². The number of fused-ring (bicyclic) bond motifs is 2. The van der Waals surface area contributed by atoms with Crippen LogP contribution in [0.2, 0.25) is 0 Å². The van der Waals surface area contributed by atoms with Crippen LogP contribution in [0.1, 0.15) is 91.9 Å². The first-order valence-electron chi connectivity index (χ1n) is 30.2. The van der Waals surface area contributed by atoms with Gasteiger partial charge in [-0.2, -0.15) is 0 Å². The molecule has 30 nitrogen and oxygen atoms in total. The Morgan fingerprint density at radius 2 is 1.18 bits per heavy atom. The van der Waals surface area contributed by atoms with Gasteiger partial charge in [0, 0.05) is 63.7 Å². The van der Waals surface area contributed by atoms with E-state index >= 15 is 0 Å². The molecule has 4 aliphatic heterocycles. The molecule has 4 heterocycles. The van der Waals surface area contributed by atoms with Crippen LogP contribution in [-0.4, -0.2) is 261 Å². The number of nitrogens with two attached hydrogens (primary N) is 3. The SMILES string of the molecule is CC1\C=C/C=C/C=C/C=C/C=C/C=C/C=C/C(OC2OC(C)C(O)C(N)C2O)CC2OC(O)(CC(O)CC(O)C(O)CCC(O)CC(O)CC(=O)OC(C)C(C)C1O)CC(O)C2C(=O)NCCN1CCOCC1.N[C@@H](CC(=O)O)C(=O)O.N[C@@H](CC(=O)O)C(=O)O. The fraction of sp³-hybridized carbons (Fsp3) is 0.672. The van der Waals surface area contributed by atoms with Crippen LogP contribution in [0.25, 0.3) is 0 Å². The van der Waals surface area contributed by atoms with E-state index in [-0.39, 0.29) is 38.1 Å². The van der Waals surface area contributed by atoms with E-state index in [9.17, 15) is 79.8 Å². The number of carboxylic acid groups (broad SMARTS) is 4. The maximum Gasteiger partial charge on any atom is 0.321 e. The Bertz CT molecular complexity index is 2390.